The molecule has 0 aliphatic heterocycles. The molecular weight excluding hydrogens is 259 g/mol. The van der Waals surface area contributed by atoms with E-state index < -0.39 is 12.7 Å². The first-order chi connectivity index (χ1) is 8.83. The summed E-state index contributed by atoms with van der Waals surface area (Å²) in [6.07, 6.45) is -4.03. The minimum atomic E-state index is -4.30. The van der Waals surface area contributed by atoms with E-state index in [0.29, 0.717) is 11.1 Å². The molecule has 108 valence electrons. The monoisotopic (exact) mass is 277 g/mol. The lowest BCUT2D eigenvalue weighted by atomic mass is 10.1. The number of alkyl halides is 3. The number of aryl methyl sites for hydroxylation is 1. The number of aromatic hydroxyl groups is 1. The Hall–Kier alpha value is -1.27. The van der Waals surface area contributed by atoms with Crippen molar-refractivity contribution in [3.8, 4) is 5.75 Å². The van der Waals surface area contributed by atoms with Crippen molar-refractivity contribution in [1.29, 1.82) is 0 Å². The summed E-state index contributed by atoms with van der Waals surface area (Å²) in [4.78, 5) is 1.17. The second-order valence-electron chi connectivity index (χ2n) is 4.49. The molecule has 0 atom stereocenters. The topological polar surface area (TPSA) is 43.7 Å². The van der Waals surface area contributed by atoms with Gasteiger partial charge in [-0.3, -0.25) is 4.90 Å². The number of phenolic OH excluding ortho intramolecular Hbond substituents is 1. The molecule has 0 spiro atoms. The zero-order chi connectivity index (χ0) is 14.5. The fourth-order valence-electron chi connectivity index (χ4n) is 1.85. The Bertz CT molecular complexity index is 407. The Kier molecular flexibility index (Phi) is 5.62. The molecular formula is C13H18F3NO2. The molecule has 0 radical (unpaired) electrons. The number of aliphatic hydroxyl groups excluding tert-OH is 1. The molecule has 0 heterocycles. The fourth-order valence-corrected chi connectivity index (χ4v) is 1.85. The van der Waals surface area contributed by atoms with Crippen molar-refractivity contribution in [2.45, 2.75) is 26.1 Å². The average molecular weight is 277 g/mol. The lowest BCUT2D eigenvalue weighted by molar-refractivity contribution is -0.147. The third kappa shape index (κ3) is 5.48. The van der Waals surface area contributed by atoms with Gasteiger partial charge in [0.15, 0.2) is 0 Å². The quantitative estimate of drug-likeness (QED) is 0.839. The molecule has 0 unspecified atom stereocenters. The van der Waals surface area contributed by atoms with Crippen molar-refractivity contribution >= 4 is 0 Å². The van der Waals surface area contributed by atoms with Gasteiger partial charge in [0.25, 0.3) is 0 Å². The molecule has 0 aliphatic rings. The Labute approximate surface area is 110 Å². The Balaban J connectivity index is 2.78. The third-order valence-corrected chi connectivity index (χ3v) is 2.75. The summed E-state index contributed by atoms with van der Waals surface area (Å²) in [5, 5.41) is 18.5. The number of phenols is 1. The van der Waals surface area contributed by atoms with Crippen LogP contribution in [0.5, 0.6) is 5.75 Å². The van der Waals surface area contributed by atoms with Crippen LogP contribution in [-0.4, -0.2) is 41.0 Å². The first kappa shape index (κ1) is 15.8. The van der Waals surface area contributed by atoms with E-state index in [1.807, 2.05) is 0 Å². The molecule has 6 heteroatoms. The van der Waals surface area contributed by atoms with Crippen LogP contribution in [0, 0.1) is 6.92 Å². The van der Waals surface area contributed by atoms with Crippen LogP contribution in [0.25, 0.3) is 0 Å². The standard InChI is InChI=1S/C13H18F3NO2/c1-10-4-2-5-11(12(10)19)8-17(6-3-7-18)9-13(14,15)16/h2,4-5,18-19H,3,6-9H2,1H3. The first-order valence-electron chi connectivity index (χ1n) is 6.01. The number of nitrogens with zero attached hydrogens (tertiary/aromatic N) is 1. The van der Waals surface area contributed by atoms with Crippen molar-refractivity contribution in [2.75, 3.05) is 19.7 Å². The SMILES string of the molecule is Cc1cccc(CN(CCCO)CC(F)(F)F)c1O. The molecule has 0 bridgehead atoms. The lowest BCUT2D eigenvalue weighted by Crippen LogP contribution is -2.34. The van der Waals surface area contributed by atoms with Crippen molar-refractivity contribution in [2.24, 2.45) is 0 Å². The number of para-hydroxylation sites is 1. The van der Waals surface area contributed by atoms with Crippen LogP contribution in [0.1, 0.15) is 17.5 Å². The number of hydrogen-bond acceptors (Lipinski definition) is 3. The Morgan fingerprint density at radius 3 is 2.53 bits per heavy atom. The minimum Gasteiger partial charge on any atom is -0.507 e. The summed E-state index contributed by atoms with van der Waals surface area (Å²) in [5.74, 6) is 0.0265. The molecule has 0 amide bonds. The molecule has 0 saturated carbocycles. The van der Waals surface area contributed by atoms with Gasteiger partial charge in [-0.25, -0.2) is 0 Å². The van der Waals surface area contributed by atoms with Gasteiger partial charge in [0.2, 0.25) is 0 Å². The van der Waals surface area contributed by atoms with Crippen LogP contribution in [0.3, 0.4) is 0 Å². The van der Waals surface area contributed by atoms with E-state index in [2.05, 4.69) is 0 Å². The van der Waals surface area contributed by atoms with Crippen molar-refractivity contribution < 1.29 is 23.4 Å². The molecule has 0 aliphatic carbocycles. The van der Waals surface area contributed by atoms with Gasteiger partial charge in [-0.05, 0) is 18.9 Å². The Morgan fingerprint density at radius 1 is 1.26 bits per heavy atom. The molecule has 19 heavy (non-hydrogen) atoms. The molecule has 3 nitrogen and oxygen atoms in total. The Morgan fingerprint density at radius 2 is 1.95 bits per heavy atom. The molecule has 0 saturated heterocycles. The lowest BCUT2D eigenvalue weighted by Gasteiger charge is -2.24. The van der Waals surface area contributed by atoms with Gasteiger partial charge in [0, 0.05) is 25.3 Å². The zero-order valence-electron chi connectivity index (χ0n) is 10.7. The van der Waals surface area contributed by atoms with Crippen molar-refractivity contribution in [3.05, 3.63) is 29.3 Å². The van der Waals surface area contributed by atoms with E-state index in [1.165, 1.54) is 4.90 Å². The molecule has 0 fully saturated rings. The number of hydrogen-bond donors (Lipinski definition) is 2. The van der Waals surface area contributed by atoms with E-state index in [0.717, 1.165) is 0 Å². The maximum atomic E-state index is 12.4. The van der Waals surface area contributed by atoms with Crippen LogP contribution in [0.15, 0.2) is 18.2 Å². The molecule has 1 aromatic rings. The highest BCUT2D eigenvalue weighted by Gasteiger charge is 2.30. The fraction of sp³-hybridized carbons (Fsp3) is 0.538. The van der Waals surface area contributed by atoms with Crippen LogP contribution < -0.4 is 0 Å². The van der Waals surface area contributed by atoms with Gasteiger partial charge >= 0.3 is 6.18 Å². The van der Waals surface area contributed by atoms with E-state index >= 15 is 0 Å². The number of benzene rings is 1. The zero-order valence-corrected chi connectivity index (χ0v) is 10.7. The predicted molar refractivity (Wildman–Crippen MR) is 65.9 cm³/mol. The summed E-state index contributed by atoms with van der Waals surface area (Å²) in [7, 11) is 0. The van der Waals surface area contributed by atoms with Gasteiger partial charge in [0.05, 0.1) is 6.54 Å². The van der Waals surface area contributed by atoms with Gasteiger partial charge in [-0.2, -0.15) is 13.2 Å². The summed E-state index contributed by atoms with van der Waals surface area (Å²) in [5.41, 5.74) is 1.09. The number of halogens is 3. The molecule has 1 rings (SSSR count). The summed E-state index contributed by atoms with van der Waals surface area (Å²) < 4.78 is 37.3. The minimum absolute atomic E-state index is 0.00697. The van der Waals surface area contributed by atoms with Gasteiger partial charge in [0.1, 0.15) is 5.75 Å². The second-order valence-corrected chi connectivity index (χ2v) is 4.49. The van der Waals surface area contributed by atoms with Crippen LogP contribution >= 0.6 is 0 Å². The smallest absolute Gasteiger partial charge is 0.401 e. The highest BCUT2D eigenvalue weighted by molar-refractivity contribution is 5.39. The number of rotatable bonds is 6. The summed E-state index contributed by atoms with van der Waals surface area (Å²) in [6, 6.07) is 4.99. The highest BCUT2D eigenvalue weighted by Crippen LogP contribution is 2.24. The van der Waals surface area contributed by atoms with E-state index in [4.69, 9.17) is 5.11 Å². The molecule has 2 N–H and O–H groups in total. The summed E-state index contributed by atoms with van der Waals surface area (Å²) in [6.45, 7) is 0.617. The molecule has 0 aromatic heterocycles. The van der Waals surface area contributed by atoms with E-state index in [9.17, 15) is 18.3 Å². The highest BCUT2D eigenvalue weighted by atomic mass is 19.4. The molecule has 1 aromatic carbocycles. The van der Waals surface area contributed by atoms with Crippen molar-refractivity contribution in [3.63, 3.8) is 0 Å². The average Bonchev–Trinajstić information content (AvgIpc) is 2.30. The summed E-state index contributed by atoms with van der Waals surface area (Å²) >= 11 is 0. The maximum Gasteiger partial charge on any atom is 0.401 e. The number of aliphatic hydroxyl groups is 1. The van der Waals surface area contributed by atoms with Crippen molar-refractivity contribution in [1.82, 2.24) is 4.90 Å². The maximum absolute atomic E-state index is 12.4. The van der Waals surface area contributed by atoms with E-state index in [1.54, 1.807) is 25.1 Å². The van der Waals surface area contributed by atoms with Crippen LogP contribution in [-0.2, 0) is 6.54 Å². The van der Waals surface area contributed by atoms with Crippen LogP contribution in [0.2, 0.25) is 0 Å². The van der Waals surface area contributed by atoms with Gasteiger partial charge in [-0.1, -0.05) is 18.2 Å². The van der Waals surface area contributed by atoms with E-state index in [-0.39, 0.29) is 31.9 Å². The first-order valence-corrected chi connectivity index (χ1v) is 6.01. The van der Waals surface area contributed by atoms with Gasteiger partial charge in [-0.15, -0.1) is 0 Å². The third-order valence-electron chi connectivity index (χ3n) is 2.75. The predicted octanol–water partition coefficient (Wildman–Crippen LogP) is 2.45. The second kappa shape index (κ2) is 6.77. The normalized spacial score (nSPS) is 12.1. The van der Waals surface area contributed by atoms with Gasteiger partial charge < -0.3 is 10.2 Å². The van der Waals surface area contributed by atoms with Crippen LogP contribution in [0.4, 0.5) is 13.2 Å². The largest absolute Gasteiger partial charge is 0.507 e.